The number of halogens is 1. The molecule has 0 unspecified atom stereocenters. The Balaban J connectivity index is 2.10. The molecule has 0 saturated carbocycles. The van der Waals surface area contributed by atoms with E-state index in [-0.39, 0.29) is 10.9 Å². The third kappa shape index (κ3) is 2.30. The van der Waals surface area contributed by atoms with Crippen LogP contribution in [0.3, 0.4) is 0 Å². The van der Waals surface area contributed by atoms with Crippen molar-refractivity contribution >= 4 is 32.5 Å². The second kappa shape index (κ2) is 4.92. The summed E-state index contributed by atoms with van der Waals surface area (Å²) in [6.07, 6.45) is 0. The molecule has 3 aromatic rings. The van der Waals surface area contributed by atoms with Gasteiger partial charge in [-0.1, -0.05) is 54.1 Å². The van der Waals surface area contributed by atoms with Crippen molar-refractivity contribution in [3.05, 3.63) is 65.3 Å². The zero-order valence-electron chi connectivity index (χ0n) is 10.4. The van der Waals surface area contributed by atoms with Crippen LogP contribution < -0.4 is 0 Å². The first kappa shape index (κ1) is 13.1. The Morgan fingerprint density at radius 3 is 2.40 bits per heavy atom. The highest BCUT2D eigenvalue weighted by Gasteiger charge is 2.20. The Morgan fingerprint density at radius 1 is 1.00 bits per heavy atom. The van der Waals surface area contributed by atoms with Crippen LogP contribution in [0.25, 0.3) is 10.9 Å². The van der Waals surface area contributed by atoms with E-state index in [2.05, 4.69) is 5.10 Å². The van der Waals surface area contributed by atoms with Crippen LogP contribution in [0.1, 0.15) is 5.56 Å². The van der Waals surface area contributed by atoms with E-state index in [1.807, 2.05) is 6.07 Å². The average Bonchev–Trinajstić information content (AvgIpc) is 2.78. The molecule has 0 aliphatic carbocycles. The van der Waals surface area contributed by atoms with E-state index >= 15 is 0 Å². The fourth-order valence-corrected chi connectivity index (χ4v) is 3.74. The van der Waals surface area contributed by atoms with Crippen molar-refractivity contribution < 1.29 is 8.42 Å². The summed E-state index contributed by atoms with van der Waals surface area (Å²) in [5.41, 5.74) is 1.21. The van der Waals surface area contributed by atoms with Crippen molar-refractivity contribution in [2.24, 2.45) is 0 Å². The van der Waals surface area contributed by atoms with Crippen LogP contribution in [0.5, 0.6) is 0 Å². The molecule has 4 nitrogen and oxygen atoms in total. The molecule has 0 amide bonds. The molecule has 102 valence electrons. The maximum atomic E-state index is 12.5. The van der Waals surface area contributed by atoms with E-state index in [4.69, 9.17) is 11.6 Å². The molecule has 0 fully saturated rings. The standard InChI is InChI=1S/C14H11ClN2O2S/c15-14-12-8-4-5-9-13(12)17(16-14)20(18,19)10-11-6-2-1-3-7-11/h1-9H,10H2. The molecular formula is C14H11ClN2O2S. The van der Waals surface area contributed by atoms with Gasteiger partial charge in [-0.2, -0.15) is 4.09 Å². The molecule has 0 atom stereocenters. The number of fused-ring (bicyclic) bond motifs is 1. The number of rotatable bonds is 3. The van der Waals surface area contributed by atoms with E-state index in [0.29, 0.717) is 16.5 Å². The fraction of sp³-hybridized carbons (Fsp3) is 0.0714. The summed E-state index contributed by atoms with van der Waals surface area (Å²) in [5.74, 6) is -0.115. The predicted octanol–water partition coefficient (Wildman–Crippen LogP) is 3.07. The normalized spacial score (nSPS) is 11.8. The Bertz CT molecular complexity index is 857. The highest BCUT2D eigenvalue weighted by molar-refractivity contribution is 7.89. The maximum absolute atomic E-state index is 12.5. The lowest BCUT2D eigenvalue weighted by atomic mass is 10.2. The average molecular weight is 307 g/mol. The van der Waals surface area contributed by atoms with Gasteiger partial charge in [-0.3, -0.25) is 0 Å². The lowest BCUT2D eigenvalue weighted by Crippen LogP contribution is -2.16. The molecular weight excluding hydrogens is 296 g/mol. The highest BCUT2D eigenvalue weighted by Crippen LogP contribution is 2.24. The number of nitrogens with zero attached hydrogens (tertiary/aromatic N) is 2. The van der Waals surface area contributed by atoms with E-state index in [1.54, 1.807) is 48.5 Å². The minimum atomic E-state index is -3.60. The zero-order valence-corrected chi connectivity index (χ0v) is 12.0. The van der Waals surface area contributed by atoms with Gasteiger partial charge < -0.3 is 0 Å². The summed E-state index contributed by atoms with van der Waals surface area (Å²) in [6.45, 7) is 0. The third-order valence-corrected chi connectivity index (χ3v) is 4.75. The minimum Gasteiger partial charge on any atom is -0.204 e. The van der Waals surface area contributed by atoms with Crippen molar-refractivity contribution in [1.82, 2.24) is 9.19 Å². The van der Waals surface area contributed by atoms with E-state index in [9.17, 15) is 8.42 Å². The van der Waals surface area contributed by atoms with Gasteiger partial charge in [0, 0.05) is 5.39 Å². The van der Waals surface area contributed by atoms with Crippen LogP contribution in [0, 0.1) is 0 Å². The fourth-order valence-electron chi connectivity index (χ4n) is 2.06. The Hall–Kier alpha value is -1.85. The van der Waals surface area contributed by atoms with Gasteiger partial charge in [0.15, 0.2) is 5.15 Å². The smallest absolute Gasteiger partial charge is 0.204 e. The molecule has 0 saturated heterocycles. The van der Waals surface area contributed by atoms with Gasteiger partial charge in [0.2, 0.25) is 0 Å². The van der Waals surface area contributed by atoms with Crippen molar-refractivity contribution in [2.75, 3.05) is 0 Å². The number of hydrogen-bond donors (Lipinski definition) is 0. The van der Waals surface area contributed by atoms with Gasteiger partial charge in [0.1, 0.15) is 0 Å². The van der Waals surface area contributed by atoms with Crippen molar-refractivity contribution in [3.63, 3.8) is 0 Å². The summed E-state index contributed by atoms with van der Waals surface area (Å²) < 4.78 is 26.0. The lowest BCUT2D eigenvalue weighted by Gasteiger charge is -2.05. The summed E-state index contributed by atoms with van der Waals surface area (Å²) in [6, 6.07) is 16.0. The summed E-state index contributed by atoms with van der Waals surface area (Å²) in [4.78, 5) is 0. The summed E-state index contributed by atoms with van der Waals surface area (Å²) >= 11 is 5.99. The number of hydrogen-bond acceptors (Lipinski definition) is 3. The number of para-hydroxylation sites is 1. The topological polar surface area (TPSA) is 52.0 Å². The molecule has 3 rings (SSSR count). The van der Waals surface area contributed by atoms with Gasteiger partial charge >= 0.3 is 0 Å². The number of aromatic nitrogens is 2. The van der Waals surface area contributed by atoms with E-state index in [1.165, 1.54) is 0 Å². The van der Waals surface area contributed by atoms with Gasteiger partial charge in [0.25, 0.3) is 10.0 Å². The SMILES string of the molecule is O=S(=O)(Cc1ccccc1)n1nc(Cl)c2ccccc21. The molecule has 20 heavy (non-hydrogen) atoms. The molecule has 0 aliphatic rings. The van der Waals surface area contributed by atoms with Gasteiger partial charge in [-0.15, -0.1) is 5.10 Å². The van der Waals surface area contributed by atoms with Gasteiger partial charge in [-0.05, 0) is 17.7 Å². The zero-order chi connectivity index (χ0) is 14.2. The summed E-state index contributed by atoms with van der Waals surface area (Å²) in [7, 11) is -3.60. The largest absolute Gasteiger partial charge is 0.258 e. The highest BCUT2D eigenvalue weighted by atomic mass is 35.5. The van der Waals surface area contributed by atoms with Crippen LogP contribution >= 0.6 is 11.6 Å². The molecule has 0 bridgehead atoms. The molecule has 6 heteroatoms. The quantitative estimate of drug-likeness (QED) is 0.747. The number of benzene rings is 2. The second-order valence-electron chi connectivity index (χ2n) is 4.39. The maximum Gasteiger partial charge on any atom is 0.258 e. The molecule has 1 aromatic heterocycles. The van der Waals surface area contributed by atoms with Gasteiger partial charge in [0.05, 0.1) is 11.3 Å². The van der Waals surface area contributed by atoms with Crippen molar-refractivity contribution in [1.29, 1.82) is 0 Å². The minimum absolute atomic E-state index is 0.115. The molecule has 1 heterocycles. The molecule has 0 spiro atoms. The van der Waals surface area contributed by atoms with Crippen LogP contribution in [0.4, 0.5) is 0 Å². The molecule has 0 radical (unpaired) electrons. The predicted molar refractivity (Wildman–Crippen MR) is 79.2 cm³/mol. The molecule has 0 aliphatic heterocycles. The molecule has 0 N–H and O–H groups in total. The van der Waals surface area contributed by atoms with Crippen LogP contribution in [0.2, 0.25) is 5.15 Å². The van der Waals surface area contributed by atoms with Crippen molar-refractivity contribution in [3.8, 4) is 0 Å². The van der Waals surface area contributed by atoms with Crippen LogP contribution in [-0.4, -0.2) is 17.6 Å². The van der Waals surface area contributed by atoms with Crippen LogP contribution in [-0.2, 0) is 15.8 Å². The lowest BCUT2D eigenvalue weighted by molar-refractivity contribution is 0.581. The Morgan fingerprint density at radius 2 is 1.65 bits per heavy atom. The van der Waals surface area contributed by atoms with Gasteiger partial charge in [-0.25, -0.2) is 8.42 Å². The van der Waals surface area contributed by atoms with Crippen LogP contribution in [0.15, 0.2) is 54.6 Å². The Kier molecular flexibility index (Phi) is 3.23. The first-order valence-corrected chi connectivity index (χ1v) is 7.97. The van der Waals surface area contributed by atoms with E-state index in [0.717, 1.165) is 4.09 Å². The first-order valence-electron chi connectivity index (χ1n) is 5.98. The van der Waals surface area contributed by atoms with Crippen molar-refractivity contribution in [2.45, 2.75) is 5.75 Å². The second-order valence-corrected chi connectivity index (χ2v) is 6.55. The monoisotopic (exact) mass is 306 g/mol. The first-order chi connectivity index (χ1) is 9.58. The third-order valence-electron chi connectivity index (χ3n) is 2.97. The summed E-state index contributed by atoms with van der Waals surface area (Å²) in [5, 5.41) is 4.77. The molecule has 2 aromatic carbocycles. The van der Waals surface area contributed by atoms with E-state index < -0.39 is 10.0 Å². The Labute approximate surface area is 121 Å².